The van der Waals surface area contributed by atoms with Gasteiger partial charge in [-0.1, -0.05) is 0 Å². The van der Waals surface area contributed by atoms with Crippen molar-refractivity contribution in [3.8, 4) is 5.75 Å². The van der Waals surface area contributed by atoms with Crippen molar-refractivity contribution in [2.24, 2.45) is 5.73 Å². The summed E-state index contributed by atoms with van der Waals surface area (Å²) in [7, 11) is 0. The zero-order valence-electron chi connectivity index (χ0n) is 8.58. The third-order valence-corrected chi connectivity index (χ3v) is 3.26. The van der Waals surface area contributed by atoms with Crippen molar-refractivity contribution in [1.29, 1.82) is 5.41 Å². The molecular weight excluding hydrogens is 317 g/mol. The highest BCUT2D eigenvalue weighted by molar-refractivity contribution is 14.1. The Morgan fingerprint density at radius 1 is 1.50 bits per heavy atom. The van der Waals surface area contributed by atoms with Gasteiger partial charge < -0.3 is 10.8 Å². The van der Waals surface area contributed by atoms with Crippen molar-refractivity contribution in [2.45, 2.75) is 6.92 Å². The summed E-state index contributed by atoms with van der Waals surface area (Å²) in [5, 5.41) is 18.1. The largest absolute Gasteiger partial charge is 0.505 e. The van der Waals surface area contributed by atoms with E-state index in [2.05, 4.69) is 27.6 Å². The lowest BCUT2D eigenvalue weighted by Crippen LogP contribution is -2.13. The van der Waals surface area contributed by atoms with Crippen LogP contribution < -0.4 is 5.73 Å². The van der Waals surface area contributed by atoms with Crippen molar-refractivity contribution in [1.82, 2.24) is 4.98 Å². The molecule has 0 amide bonds. The van der Waals surface area contributed by atoms with Gasteiger partial charge in [0.25, 0.3) is 0 Å². The van der Waals surface area contributed by atoms with Gasteiger partial charge >= 0.3 is 0 Å². The first-order valence-corrected chi connectivity index (χ1v) is 5.72. The maximum atomic E-state index is 9.91. The fourth-order valence-electron chi connectivity index (χ4n) is 1.51. The van der Waals surface area contributed by atoms with E-state index in [4.69, 9.17) is 11.1 Å². The molecule has 0 fully saturated rings. The third kappa shape index (κ3) is 1.71. The average molecular weight is 327 g/mol. The first-order valence-electron chi connectivity index (χ1n) is 4.64. The number of rotatable bonds is 1. The van der Waals surface area contributed by atoms with E-state index >= 15 is 0 Å². The molecule has 0 bridgehead atoms. The molecule has 2 rings (SSSR count). The lowest BCUT2D eigenvalue weighted by Gasteiger charge is -2.07. The van der Waals surface area contributed by atoms with Crippen LogP contribution in [0.15, 0.2) is 18.2 Å². The van der Waals surface area contributed by atoms with Gasteiger partial charge in [0.2, 0.25) is 0 Å². The van der Waals surface area contributed by atoms with Gasteiger partial charge in [-0.15, -0.1) is 0 Å². The minimum atomic E-state index is -0.0992. The topological polar surface area (TPSA) is 83.0 Å². The number of aromatic hydroxyl groups is 1. The molecule has 16 heavy (non-hydrogen) atoms. The summed E-state index contributed by atoms with van der Waals surface area (Å²) in [5.41, 5.74) is 7.01. The smallest absolute Gasteiger partial charge is 0.144 e. The zero-order valence-corrected chi connectivity index (χ0v) is 10.7. The number of halogens is 1. The fraction of sp³-hybridized carbons (Fsp3) is 0.0909. The molecule has 82 valence electrons. The number of nitrogens with two attached hydrogens (primary N) is 1. The lowest BCUT2D eigenvalue weighted by molar-refractivity contribution is 0.476. The molecule has 1 heterocycles. The molecule has 0 aliphatic rings. The molecule has 0 unspecified atom stereocenters. The van der Waals surface area contributed by atoms with Crippen LogP contribution in [0.5, 0.6) is 5.75 Å². The molecule has 1 aromatic heterocycles. The molecular formula is C11H10IN3O. The van der Waals surface area contributed by atoms with Gasteiger partial charge in [0.05, 0.1) is 0 Å². The lowest BCUT2D eigenvalue weighted by atomic mass is 10.1. The van der Waals surface area contributed by atoms with Crippen LogP contribution >= 0.6 is 22.6 Å². The maximum Gasteiger partial charge on any atom is 0.144 e. The van der Waals surface area contributed by atoms with Crippen molar-refractivity contribution in [3.63, 3.8) is 0 Å². The number of benzene rings is 1. The van der Waals surface area contributed by atoms with Gasteiger partial charge in [0.15, 0.2) is 0 Å². The minimum Gasteiger partial charge on any atom is -0.505 e. The van der Waals surface area contributed by atoms with Gasteiger partial charge in [0, 0.05) is 8.96 Å². The number of hydrogen-bond acceptors (Lipinski definition) is 3. The molecule has 0 aliphatic heterocycles. The highest BCUT2D eigenvalue weighted by Crippen LogP contribution is 2.30. The first kappa shape index (κ1) is 11.1. The number of phenolic OH excluding ortho intramolecular Hbond substituents is 1. The summed E-state index contributed by atoms with van der Waals surface area (Å²) in [6.07, 6.45) is 0. The second-order valence-electron chi connectivity index (χ2n) is 3.53. The number of phenols is 1. The van der Waals surface area contributed by atoms with Gasteiger partial charge in [-0.3, -0.25) is 5.41 Å². The van der Waals surface area contributed by atoms with Crippen LogP contribution in [0.4, 0.5) is 0 Å². The number of fused-ring (bicyclic) bond motifs is 1. The summed E-state index contributed by atoms with van der Waals surface area (Å²) in [6, 6.07) is 5.40. The second-order valence-corrected chi connectivity index (χ2v) is 4.69. The summed E-state index contributed by atoms with van der Waals surface area (Å²) < 4.78 is 1.02. The monoisotopic (exact) mass is 327 g/mol. The van der Waals surface area contributed by atoms with Crippen LogP contribution in [-0.4, -0.2) is 15.9 Å². The van der Waals surface area contributed by atoms with Crippen molar-refractivity contribution in [2.75, 3.05) is 0 Å². The van der Waals surface area contributed by atoms with Crippen LogP contribution in [0.3, 0.4) is 0 Å². The van der Waals surface area contributed by atoms with Gasteiger partial charge in [0.1, 0.15) is 22.8 Å². The van der Waals surface area contributed by atoms with Crippen molar-refractivity contribution in [3.05, 3.63) is 33.0 Å². The number of aryl methyl sites for hydroxylation is 1. The standard InChI is InChI=1S/C11H10IN3O/c1-5-4-7(12)6-2-3-8(11(13)14)15-9(6)10(5)16/h2-4,16H,1H3,(H3,13,14). The predicted molar refractivity (Wildman–Crippen MR) is 71.9 cm³/mol. The molecule has 0 saturated carbocycles. The van der Waals surface area contributed by atoms with Crippen LogP contribution in [-0.2, 0) is 0 Å². The Hall–Kier alpha value is -1.37. The molecule has 2 aromatic rings. The molecule has 0 aliphatic carbocycles. The average Bonchev–Trinajstić information content (AvgIpc) is 2.25. The number of amidine groups is 1. The Morgan fingerprint density at radius 3 is 2.81 bits per heavy atom. The summed E-state index contributed by atoms with van der Waals surface area (Å²) in [5.74, 6) is 0.0522. The van der Waals surface area contributed by atoms with Crippen LogP contribution in [0.1, 0.15) is 11.3 Å². The Labute approximate surface area is 106 Å². The zero-order chi connectivity index (χ0) is 11.9. The molecule has 4 N–H and O–H groups in total. The van der Waals surface area contributed by atoms with Crippen molar-refractivity contribution < 1.29 is 5.11 Å². The summed E-state index contributed by atoms with van der Waals surface area (Å²) in [6.45, 7) is 1.82. The van der Waals surface area contributed by atoms with E-state index in [0.29, 0.717) is 11.2 Å². The number of hydrogen-bond donors (Lipinski definition) is 3. The summed E-state index contributed by atoms with van der Waals surface area (Å²) in [4.78, 5) is 4.19. The Morgan fingerprint density at radius 2 is 2.19 bits per heavy atom. The van der Waals surface area contributed by atoms with E-state index in [9.17, 15) is 5.11 Å². The van der Waals surface area contributed by atoms with E-state index in [1.54, 1.807) is 6.07 Å². The SMILES string of the molecule is Cc1cc(I)c2ccc(C(=N)N)nc2c1O. The number of nitrogens with one attached hydrogen (secondary N) is 1. The highest BCUT2D eigenvalue weighted by atomic mass is 127. The number of aromatic nitrogens is 1. The number of nitrogen functional groups attached to an aromatic ring is 1. The molecule has 5 heteroatoms. The molecule has 0 saturated heterocycles. The van der Waals surface area contributed by atoms with E-state index in [1.807, 2.05) is 19.1 Å². The molecule has 4 nitrogen and oxygen atoms in total. The number of pyridine rings is 1. The van der Waals surface area contributed by atoms with Gasteiger partial charge in [-0.2, -0.15) is 0 Å². The Bertz CT molecular complexity index is 595. The predicted octanol–water partition coefficient (Wildman–Crippen LogP) is 2.14. The van der Waals surface area contributed by atoms with Gasteiger partial charge in [-0.05, 0) is 53.3 Å². The quantitative estimate of drug-likeness (QED) is 0.426. The van der Waals surface area contributed by atoms with E-state index < -0.39 is 0 Å². The van der Waals surface area contributed by atoms with Gasteiger partial charge in [-0.25, -0.2) is 4.98 Å². The van der Waals surface area contributed by atoms with Crippen LogP contribution in [0, 0.1) is 15.9 Å². The van der Waals surface area contributed by atoms with Crippen molar-refractivity contribution >= 4 is 39.3 Å². The molecule has 1 aromatic carbocycles. The van der Waals surface area contributed by atoms with E-state index in [-0.39, 0.29) is 11.6 Å². The maximum absolute atomic E-state index is 9.91. The van der Waals surface area contributed by atoms with Crippen LogP contribution in [0.25, 0.3) is 10.9 Å². The molecule has 0 radical (unpaired) electrons. The summed E-state index contributed by atoms with van der Waals surface area (Å²) >= 11 is 2.19. The van der Waals surface area contributed by atoms with E-state index in [1.165, 1.54) is 0 Å². The normalized spacial score (nSPS) is 10.6. The Kier molecular flexibility index (Phi) is 2.71. The third-order valence-electron chi connectivity index (χ3n) is 2.37. The molecule has 0 atom stereocenters. The minimum absolute atomic E-state index is 0.0992. The van der Waals surface area contributed by atoms with E-state index in [0.717, 1.165) is 14.5 Å². The first-order chi connectivity index (χ1) is 7.50. The van der Waals surface area contributed by atoms with Crippen LogP contribution in [0.2, 0.25) is 0 Å². The molecule has 0 spiro atoms. The Balaban J connectivity index is 2.86. The second kappa shape index (κ2) is 3.89. The number of nitrogens with zero attached hydrogens (tertiary/aromatic N) is 1. The fourth-order valence-corrected chi connectivity index (χ4v) is 2.41. The highest BCUT2D eigenvalue weighted by Gasteiger charge is 2.10.